The van der Waals surface area contributed by atoms with Crippen LogP contribution in [0, 0.1) is 10.1 Å². The lowest BCUT2D eigenvalue weighted by Gasteiger charge is -2.17. The lowest BCUT2D eigenvalue weighted by atomic mass is 10.1. The Hall–Kier alpha value is -3.72. The van der Waals surface area contributed by atoms with Crippen molar-refractivity contribution in [2.24, 2.45) is 0 Å². The first-order chi connectivity index (χ1) is 16.0. The maximum Gasteiger partial charge on any atom is 0.269 e. The number of nitro benzene ring substituents is 1. The highest BCUT2D eigenvalue weighted by Gasteiger charge is 2.26. The van der Waals surface area contributed by atoms with Crippen molar-refractivity contribution in [3.8, 4) is 0 Å². The highest BCUT2D eigenvalue weighted by molar-refractivity contribution is 7.99. The number of nitrogens with zero attached hydrogens (tertiary/aromatic N) is 4. The Balaban J connectivity index is 1.43. The Morgan fingerprint density at radius 2 is 1.91 bits per heavy atom. The third-order valence-corrected chi connectivity index (χ3v) is 6.86. The van der Waals surface area contributed by atoms with Crippen molar-refractivity contribution in [1.29, 1.82) is 0 Å². The number of hydrogen-bond donors (Lipinski definition) is 0. The molecule has 1 aliphatic rings. The van der Waals surface area contributed by atoms with E-state index in [4.69, 9.17) is 4.98 Å². The molecule has 4 aromatic rings. The van der Waals surface area contributed by atoms with Crippen molar-refractivity contribution in [2.45, 2.75) is 25.0 Å². The van der Waals surface area contributed by atoms with E-state index >= 15 is 0 Å². The van der Waals surface area contributed by atoms with Crippen LogP contribution in [0.4, 0.5) is 11.4 Å². The molecule has 0 atom stereocenters. The van der Waals surface area contributed by atoms with E-state index in [1.54, 1.807) is 15.5 Å². The summed E-state index contributed by atoms with van der Waals surface area (Å²) in [5.74, 6) is -0.00907. The van der Waals surface area contributed by atoms with Gasteiger partial charge in [0.05, 0.1) is 21.6 Å². The normalized spacial score (nSPS) is 12.9. The van der Waals surface area contributed by atoms with Crippen LogP contribution in [-0.4, -0.2) is 32.7 Å². The third kappa shape index (κ3) is 3.74. The Morgan fingerprint density at radius 1 is 1.15 bits per heavy atom. The largest absolute Gasteiger partial charge is 0.311 e. The Kier molecular flexibility index (Phi) is 5.33. The second-order valence-electron chi connectivity index (χ2n) is 7.81. The second-order valence-corrected chi connectivity index (χ2v) is 8.76. The molecule has 0 saturated carbocycles. The lowest BCUT2D eigenvalue weighted by Crippen LogP contribution is -2.31. The van der Waals surface area contributed by atoms with Gasteiger partial charge in [-0.15, -0.1) is 0 Å². The molecule has 0 aliphatic carbocycles. The molecule has 0 radical (unpaired) electrons. The summed E-state index contributed by atoms with van der Waals surface area (Å²) in [5.41, 5.74) is 2.01. The minimum Gasteiger partial charge on any atom is -0.311 e. The number of amides is 1. The number of nitro groups is 1. The predicted molar refractivity (Wildman–Crippen MR) is 129 cm³/mol. The number of aromatic nitrogens is 2. The van der Waals surface area contributed by atoms with Gasteiger partial charge in [0.2, 0.25) is 5.91 Å². The van der Waals surface area contributed by atoms with Gasteiger partial charge in [0.25, 0.3) is 11.2 Å². The van der Waals surface area contributed by atoms with E-state index in [9.17, 15) is 19.7 Å². The van der Waals surface area contributed by atoms with E-state index in [1.165, 1.54) is 23.9 Å². The molecule has 1 aliphatic heterocycles. The van der Waals surface area contributed by atoms with Gasteiger partial charge in [-0.1, -0.05) is 36.0 Å². The van der Waals surface area contributed by atoms with Gasteiger partial charge in [-0.25, -0.2) is 4.98 Å². The SMILES string of the molecule is CCn1c(SCC(=O)N2CCc3cc([N+](=O)[O-])ccc32)nc2cc3ccccc3cc2c1=O. The van der Waals surface area contributed by atoms with Crippen LogP contribution in [-0.2, 0) is 17.8 Å². The molecule has 33 heavy (non-hydrogen) atoms. The number of fused-ring (bicyclic) bond motifs is 3. The number of benzene rings is 3. The van der Waals surface area contributed by atoms with Crippen LogP contribution in [0.15, 0.2) is 64.5 Å². The summed E-state index contributed by atoms with van der Waals surface area (Å²) >= 11 is 1.24. The average molecular weight is 461 g/mol. The summed E-state index contributed by atoms with van der Waals surface area (Å²) in [6.45, 7) is 2.81. The molecule has 0 N–H and O–H groups in total. The van der Waals surface area contributed by atoms with Crippen molar-refractivity contribution in [2.75, 3.05) is 17.2 Å². The number of hydrogen-bond acceptors (Lipinski definition) is 6. The zero-order valence-electron chi connectivity index (χ0n) is 17.9. The van der Waals surface area contributed by atoms with Gasteiger partial charge in [-0.3, -0.25) is 24.3 Å². The maximum absolute atomic E-state index is 13.1. The molecule has 0 spiro atoms. The third-order valence-electron chi connectivity index (χ3n) is 5.90. The van der Waals surface area contributed by atoms with E-state index in [1.807, 2.05) is 43.3 Å². The molecule has 3 aromatic carbocycles. The van der Waals surface area contributed by atoms with Gasteiger partial charge in [-0.2, -0.15) is 0 Å². The molecule has 2 heterocycles. The number of rotatable bonds is 5. The van der Waals surface area contributed by atoms with Gasteiger partial charge in [0, 0.05) is 30.9 Å². The molecule has 5 rings (SSSR count). The van der Waals surface area contributed by atoms with Crippen molar-refractivity contribution in [1.82, 2.24) is 9.55 Å². The van der Waals surface area contributed by atoms with E-state index in [-0.39, 0.29) is 22.9 Å². The minimum absolute atomic E-state index is 0.0253. The van der Waals surface area contributed by atoms with Gasteiger partial charge in [0.1, 0.15) is 0 Å². The summed E-state index contributed by atoms with van der Waals surface area (Å²) in [6.07, 6.45) is 0.578. The zero-order valence-corrected chi connectivity index (χ0v) is 18.7. The molecular weight excluding hydrogens is 440 g/mol. The molecule has 0 saturated heterocycles. The number of non-ortho nitro benzene ring substituents is 1. The topological polar surface area (TPSA) is 98.3 Å². The first-order valence-corrected chi connectivity index (χ1v) is 11.6. The van der Waals surface area contributed by atoms with E-state index in [0.29, 0.717) is 41.3 Å². The quantitative estimate of drug-likeness (QED) is 0.146. The van der Waals surface area contributed by atoms with E-state index in [0.717, 1.165) is 16.3 Å². The van der Waals surface area contributed by atoms with Crippen molar-refractivity contribution >= 4 is 50.7 Å². The first-order valence-electron chi connectivity index (χ1n) is 10.6. The van der Waals surface area contributed by atoms with Crippen LogP contribution in [0.3, 0.4) is 0 Å². The molecule has 9 heteroatoms. The fraction of sp³-hybridized carbons (Fsp3) is 0.208. The van der Waals surface area contributed by atoms with Gasteiger partial charge in [-0.05, 0) is 47.9 Å². The fourth-order valence-electron chi connectivity index (χ4n) is 4.24. The smallest absolute Gasteiger partial charge is 0.269 e. The number of carbonyl (C=O) groups excluding carboxylic acids is 1. The average Bonchev–Trinajstić information content (AvgIpc) is 3.25. The first kappa shape index (κ1) is 21.1. The van der Waals surface area contributed by atoms with Crippen LogP contribution in [0.5, 0.6) is 0 Å². The Bertz CT molecular complexity index is 1500. The van der Waals surface area contributed by atoms with Gasteiger partial charge < -0.3 is 4.90 Å². The molecule has 0 fully saturated rings. The Morgan fingerprint density at radius 3 is 2.64 bits per heavy atom. The zero-order chi connectivity index (χ0) is 23.1. The molecule has 0 bridgehead atoms. The monoisotopic (exact) mass is 460 g/mol. The molecule has 8 nitrogen and oxygen atoms in total. The lowest BCUT2D eigenvalue weighted by molar-refractivity contribution is -0.384. The molecule has 1 aromatic heterocycles. The van der Waals surface area contributed by atoms with Crippen LogP contribution in [0.1, 0.15) is 12.5 Å². The molecule has 0 unspecified atom stereocenters. The summed E-state index contributed by atoms with van der Waals surface area (Å²) in [6, 6.07) is 16.2. The standard InChI is InChI=1S/C24H20N4O4S/c1-2-26-23(30)19-12-15-5-3-4-6-16(15)13-20(19)25-24(26)33-14-22(29)27-10-9-17-11-18(28(31)32)7-8-21(17)27/h3-8,11-13H,2,9-10,14H2,1H3. The van der Waals surface area contributed by atoms with Crippen LogP contribution in [0.2, 0.25) is 0 Å². The molecule has 166 valence electrons. The number of thioether (sulfide) groups is 1. The van der Waals surface area contributed by atoms with Crippen LogP contribution in [0.25, 0.3) is 21.7 Å². The second kappa shape index (κ2) is 8.32. The van der Waals surface area contributed by atoms with Gasteiger partial charge in [0.15, 0.2) is 5.16 Å². The van der Waals surface area contributed by atoms with Gasteiger partial charge >= 0.3 is 0 Å². The van der Waals surface area contributed by atoms with Crippen molar-refractivity contribution in [3.63, 3.8) is 0 Å². The number of carbonyl (C=O) groups is 1. The van der Waals surface area contributed by atoms with Crippen molar-refractivity contribution in [3.05, 3.63) is 80.6 Å². The summed E-state index contributed by atoms with van der Waals surface area (Å²) < 4.78 is 1.59. The summed E-state index contributed by atoms with van der Waals surface area (Å²) in [5, 5.41) is 14.1. The molecular formula is C24H20N4O4S. The maximum atomic E-state index is 13.1. The predicted octanol–water partition coefficient (Wildman–Crippen LogP) is 4.16. The summed E-state index contributed by atoms with van der Waals surface area (Å²) in [7, 11) is 0. The fourth-order valence-corrected chi connectivity index (χ4v) is 5.18. The van der Waals surface area contributed by atoms with Crippen LogP contribution >= 0.6 is 11.8 Å². The Labute approximate surface area is 193 Å². The number of anilines is 1. The van der Waals surface area contributed by atoms with Crippen LogP contribution < -0.4 is 10.5 Å². The highest BCUT2D eigenvalue weighted by atomic mass is 32.2. The van der Waals surface area contributed by atoms with E-state index < -0.39 is 4.92 Å². The van der Waals surface area contributed by atoms with E-state index in [2.05, 4.69) is 0 Å². The minimum atomic E-state index is -0.431. The highest BCUT2D eigenvalue weighted by Crippen LogP contribution is 2.32. The summed E-state index contributed by atoms with van der Waals surface area (Å²) in [4.78, 5) is 43.1. The molecule has 1 amide bonds. The van der Waals surface area contributed by atoms with Crippen molar-refractivity contribution < 1.29 is 9.72 Å².